The minimum Gasteiger partial charge on any atom is -0.368 e. The van der Waals surface area contributed by atoms with Crippen molar-refractivity contribution in [3.05, 3.63) is 0 Å². The maximum Gasteiger partial charge on any atom is 0.234 e. The van der Waals surface area contributed by atoms with E-state index < -0.39 is 11.9 Å². The van der Waals surface area contributed by atoms with Crippen LogP contribution < -0.4 is 11.5 Å². The molecular formula is C11H24N2O. The van der Waals surface area contributed by atoms with Crippen molar-refractivity contribution in [3.63, 3.8) is 0 Å². The Morgan fingerprint density at radius 1 is 1.00 bits per heavy atom. The van der Waals surface area contributed by atoms with Gasteiger partial charge in [-0.3, -0.25) is 4.79 Å². The zero-order chi connectivity index (χ0) is 11.0. The molecule has 0 aliphatic heterocycles. The summed E-state index contributed by atoms with van der Waals surface area (Å²) in [6.45, 7) is 3.71. The van der Waals surface area contributed by atoms with Gasteiger partial charge < -0.3 is 11.5 Å². The fourth-order valence-electron chi connectivity index (χ4n) is 1.39. The van der Waals surface area contributed by atoms with Gasteiger partial charge in [0.25, 0.3) is 0 Å². The third-order valence-electron chi connectivity index (χ3n) is 2.55. The van der Waals surface area contributed by atoms with E-state index in [2.05, 4.69) is 0 Å². The predicted molar refractivity (Wildman–Crippen MR) is 59.7 cm³/mol. The third kappa shape index (κ3) is 6.89. The number of carbonyl (C=O) groups excluding carboxylic acids is 1. The molecule has 1 atom stereocenters. The van der Waals surface area contributed by atoms with Crippen LogP contribution in [-0.2, 0) is 4.79 Å². The Balaban J connectivity index is 0.000000249. The summed E-state index contributed by atoms with van der Waals surface area (Å²) in [7, 11) is 0. The summed E-state index contributed by atoms with van der Waals surface area (Å²) < 4.78 is 0. The van der Waals surface area contributed by atoms with Gasteiger partial charge in [-0.25, -0.2) is 0 Å². The van der Waals surface area contributed by atoms with Gasteiger partial charge >= 0.3 is 0 Å². The lowest BCUT2D eigenvalue weighted by atomic mass is 10.0. The summed E-state index contributed by atoms with van der Waals surface area (Å²) in [5.41, 5.74) is 10.2. The van der Waals surface area contributed by atoms with Crippen molar-refractivity contribution < 1.29 is 4.79 Å². The molecular weight excluding hydrogens is 176 g/mol. The monoisotopic (exact) mass is 200 g/mol. The zero-order valence-electron chi connectivity index (χ0n) is 9.46. The highest BCUT2D eigenvalue weighted by atomic mass is 16.1. The Labute approximate surface area is 87.2 Å². The van der Waals surface area contributed by atoms with Gasteiger partial charge in [0.2, 0.25) is 5.91 Å². The summed E-state index contributed by atoms with van der Waals surface area (Å²) in [4.78, 5) is 10.2. The number of nitrogens with two attached hydrogens (primary N) is 2. The molecule has 84 valence electrons. The topological polar surface area (TPSA) is 69.1 Å². The van der Waals surface area contributed by atoms with Gasteiger partial charge in [0, 0.05) is 0 Å². The van der Waals surface area contributed by atoms with Gasteiger partial charge in [-0.15, -0.1) is 0 Å². The van der Waals surface area contributed by atoms with Crippen LogP contribution in [0.4, 0.5) is 0 Å². The lowest BCUT2D eigenvalue weighted by Crippen LogP contribution is -2.40. The lowest BCUT2D eigenvalue weighted by Gasteiger charge is -2.09. The maximum atomic E-state index is 10.2. The molecule has 0 heterocycles. The van der Waals surface area contributed by atoms with Crippen LogP contribution in [0.15, 0.2) is 0 Å². The summed E-state index contributed by atoms with van der Waals surface area (Å²) >= 11 is 0. The normalized spacial score (nSPS) is 18.3. The number of carbonyl (C=O) groups is 1. The quantitative estimate of drug-likeness (QED) is 0.713. The largest absolute Gasteiger partial charge is 0.368 e. The SMILES string of the molecule is C1CCCCC1.CC(C)[C@H](N)C(N)=O. The van der Waals surface area contributed by atoms with E-state index in [0.29, 0.717) is 0 Å². The Morgan fingerprint density at radius 3 is 1.36 bits per heavy atom. The van der Waals surface area contributed by atoms with Gasteiger partial charge in [-0.2, -0.15) is 0 Å². The first-order valence-corrected chi connectivity index (χ1v) is 5.60. The molecule has 4 N–H and O–H groups in total. The van der Waals surface area contributed by atoms with Crippen LogP contribution in [0.3, 0.4) is 0 Å². The van der Waals surface area contributed by atoms with Crippen LogP contribution in [0.2, 0.25) is 0 Å². The second-order valence-corrected chi connectivity index (χ2v) is 4.29. The van der Waals surface area contributed by atoms with E-state index in [1.807, 2.05) is 13.8 Å². The molecule has 3 heteroatoms. The highest BCUT2D eigenvalue weighted by Gasteiger charge is 2.12. The molecule has 0 radical (unpaired) electrons. The number of hydrogen-bond donors (Lipinski definition) is 2. The smallest absolute Gasteiger partial charge is 0.234 e. The van der Waals surface area contributed by atoms with E-state index in [4.69, 9.17) is 11.5 Å². The average molecular weight is 200 g/mol. The van der Waals surface area contributed by atoms with Gasteiger partial charge in [0.05, 0.1) is 6.04 Å². The van der Waals surface area contributed by atoms with E-state index in [9.17, 15) is 4.79 Å². The molecule has 1 amide bonds. The standard InChI is InChI=1S/C6H12.C5H12N2O/c1-2-4-6-5-3-1;1-3(2)4(6)5(7)8/h1-6H2;3-4H,6H2,1-2H3,(H2,7,8)/t;4-/m.0/s1. The molecule has 3 nitrogen and oxygen atoms in total. The van der Waals surface area contributed by atoms with E-state index in [0.717, 1.165) is 0 Å². The predicted octanol–water partition coefficient (Wildman–Crippen LogP) is 1.80. The van der Waals surface area contributed by atoms with Crippen LogP contribution in [0.1, 0.15) is 52.4 Å². The van der Waals surface area contributed by atoms with Gasteiger partial charge in [-0.1, -0.05) is 52.4 Å². The molecule has 0 saturated heterocycles. The van der Waals surface area contributed by atoms with Crippen molar-refractivity contribution in [1.29, 1.82) is 0 Å². The van der Waals surface area contributed by atoms with Crippen molar-refractivity contribution in [2.24, 2.45) is 17.4 Å². The van der Waals surface area contributed by atoms with Crippen molar-refractivity contribution in [3.8, 4) is 0 Å². The summed E-state index contributed by atoms with van der Waals surface area (Å²) in [5, 5.41) is 0. The number of hydrogen-bond acceptors (Lipinski definition) is 2. The van der Waals surface area contributed by atoms with Crippen LogP contribution in [-0.4, -0.2) is 11.9 Å². The number of primary amides is 1. The zero-order valence-corrected chi connectivity index (χ0v) is 9.46. The lowest BCUT2D eigenvalue weighted by molar-refractivity contribution is -0.120. The van der Waals surface area contributed by atoms with Crippen molar-refractivity contribution >= 4 is 5.91 Å². The molecule has 0 bridgehead atoms. The molecule has 1 aliphatic carbocycles. The second kappa shape index (κ2) is 7.80. The number of rotatable bonds is 2. The number of amides is 1. The molecule has 0 aromatic carbocycles. The minimum atomic E-state index is -0.491. The first kappa shape index (κ1) is 13.4. The van der Waals surface area contributed by atoms with Crippen LogP contribution >= 0.6 is 0 Å². The summed E-state index contributed by atoms with van der Waals surface area (Å²) in [6.07, 6.45) is 9.00. The Morgan fingerprint density at radius 2 is 1.29 bits per heavy atom. The van der Waals surface area contributed by atoms with E-state index in [-0.39, 0.29) is 5.92 Å². The molecule has 1 aliphatic rings. The first-order chi connectivity index (χ1) is 6.55. The Kier molecular flexibility index (Phi) is 7.48. The fraction of sp³-hybridized carbons (Fsp3) is 0.909. The fourth-order valence-corrected chi connectivity index (χ4v) is 1.39. The van der Waals surface area contributed by atoms with Crippen LogP contribution in [0.25, 0.3) is 0 Å². The van der Waals surface area contributed by atoms with Crippen LogP contribution in [0, 0.1) is 5.92 Å². The molecule has 0 aromatic heterocycles. The third-order valence-corrected chi connectivity index (χ3v) is 2.55. The molecule has 1 rings (SSSR count). The van der Waals surface area contributed by atoms with Crippen molar-refractivity contribution in [2.45, 2.75) is 58.4 Å². The van der Waals surface area contributed by atoms with Crippen molar-refractivity contribution in [1.82, 2.24) is 0 Å². The highest BCUT2D eigenvalue weighted by molar-refractivity contribution is 5.79. The van der Waals surface area contributed by atoms with Gasteiger partial charge in [0.15, 0.2) is 0 Å². The Bertz CT molecular complexity index is 142. The first-order valence-electron chi connectivity index (χ1n) is 5.60. The minimum absolute atomic E-state index is 0.146. The molecule has 0 unspecified atom stereocenters. The molecule has 0 aromatic rings. The van der Waals surface area contributed by atoms with E-state index in [1.54, 1.807) is 0 Å². The van der Waals surface area contributed by atoms with Gasteiger partial charge in [0.1, 0.15) is 0 Å². The Hall–Kier alpha value is -0.570. The van der Waals surface area contributed by atoms with Crippen molar-refractivity contribution in [2.75, 3.05) is 0 Å². The summed E-state index contributed by atoms with van der Waals surface area (Å²) in [5.74, 6) is -0.285. The van der Waals surface area contributed by atoms with Crippen LogP contribution in [0.5, 0.6) is 0 Å². The molecule has 1 saturated carbocycles. The molecule has 14 heavy (non-hydrogen) atoms. The highest BCUT2D eigenvalue weighted by Crippen LogP contribution is 2.15. The molecule has 1 fully saturated rings. The maximum absolute atomic E-state index is 10.2. The second-order valence-electron chi connectivity index (χ2n) is 4.29. The van der Waals surface area contributed by atoms with Gasteiger partial charge in [-0.05, 0) is 5.92 Å². The van der Waals surface area contributed by atoms with E-state index in [1.165, 1.54) is 38.5 Å². The summed E-state index contributed by atoms with van der Waals surface area (Å²) in [6, 6.07) is -0.491. The van der Waals surface area contributed by atoms with E-state index >= 15 is 0 Å². The average Bonchev–Trinajstić information content (AvgIpc) is 2.20. The molecule has 0 spiro atoms.